The van der Waals surface area contributed by atoms with E-state index in [1.165, 1.54) is 11.3 Å². The fourth-order valence-electron chi connectivity index (χ4n) is 0.790. The topological polar surface area (TPSA) is 55.1 Å². The molecule has 1 heterocycles. The number of nitrogens with two attached hydrogens (primary N) is 1. The quantitative estimate of drug-likeness (QED) is 0.808. The van der Waals surface area contributed by atoms with Gasteiger partial charge in [-0.3, -0.25) is 4.79 Å². The molecule has 0 bridgehead atoms. The predicted octanol–water partition coefficient (Wildman–Crippen LogP) is 1.48. The number of nitrogens with one attached hydrogen (secondary N) is 1. The first-order valence-corrected chi connectivity index (χ1v) is 5.09. The molecule has 0 saturated heterocycles. The SMILES string of the molecule is C[C@H](CN)NC(=O)c1ccc(Cl)s1. The minimum absolute atomic E-state index is 0.00613. The molecule has 0 aliphatic carbocycles. The van der Waals surface area contributed by atoms with Gasteiger partial charge >= 0.3 is 0 Å². The lowest BCUT2D eigenvalue weighted by atomic mass is 10.3. The van der Waals surface area contributed by atoms with Gasteiger partial charge in [-0.1, -0.05) is 11.6 Å². The summed E-state index contributed by atoms with van der Waals surface area (Å²) in [6.07, 6.45) is 0. The van der Waals surface area contributed by atoms with Gasteiger partial charge in [-0.2, -0.15) is 0 Å². The van der Waals surface area contributed by atoms with Gasteiger partial charge in [0, 0.05) is 12.6 Å². The van der Waals surface area contributed by atoms with E-state index in [1.807, 2.05) is 6.92 Å². The van der Waals surface area contributed by atoms with Gasteiger partial charge in [0.05, 0.1) is 9.21 Å². The van der Waals surface area contributed by atoms with Gasteiger partial charge in [0.15, 0.2) is 0 Å². The molecule has 0 aromatic carbocycles. The van der Waals surface area contributed by atoms with Gasteiger partial charge in [-0.05, 0) is 19.1 Å². The number of thiophene rings is 1. The molecule has 0 aliphatic rings. The van der Waals surface area contributed by atoms with Gasteiger partial charge in [-0.15, -0.1) is 11.3 Å². The maximum absolute atomic E-state index is 11.4. The van der Waals surface area contributed by atoms with Crippen molar-refractivity contribution in [3.8, 4) is 0 Å². The Hall–Kier alpha value is -0.580. The highest BCUT2D eigenvalue weighted by atomic mass is 35.5. The molecule has 1 atom stereocenters. The van der Waals surface area contributed by atoms with E-state index >= 15 is 0 Å². The van der Waals surface area contributed by atoms with Crippen molar-refractivity contribution < 1.29 is 4.79 Å². The van der Waals surface area contributed by atoms with Crippen LogP contribution in [-0.2, 0) is 0 Å². The van der Waals surface area contributed by atoms with Crippen LogP contribution in [0.3, 0.4) is 0 Å². The third kappa shape index (κ3) is 2.99. The molecular formula is C8H11ClN2OS. The summed E-state index contributed by atoms with van der Waals surface area (Å²) in [4.78, 5) is 12.0. The smallest absolute Gasteiger partial charge is 0.261 e. The van der Waals surface area contributed by atoms with Crippen LogP contribution in [0, 0.1) is 0 Å². The molecular weight excluding hydrogens is 208 g/mol. The molecule has 1 aromatic heterocycles. The van der Waals surface area contributed by atoms with E-state index in [9.17, 15) is 4.79 Å². The van der Waals surface area contributed by atoms with Crippen LogP contribution in [0.1, 0.15) is 16.6 Å². The Morgan fingerprint density at radius 2 is 2.46 bits per heavy atom. The van der Waals surface area contributed by atoms with Crippen LogP contribution in [-0.4, -0.2) is 18.5 Å². The maximum Gasteiger partial charge on any atom is 0.261 e. The third-order valence-electron chi connectivity index (χ3n) is 1.53. The summed E-state index contributed by atoms with van der Waals surface area (Å²) in [5.74, 6) is -0.116. The molecule has 5 heteroatoms. The number of hydrogen-bond acceptors (Lipinski definition) is 3. The van der Waals surface area contributed by atoms with E-state index < -0.39 is 0 Å². The Morgan fingerprint density at radius 1 is 1.77 bits per heavy atom. The van der Waals surface area contributed by atoms with Crippen LogP contribution < -0.4 is 11.1 Å². The van der Waals surface area contributed by atoms with E-state index in [-0.39, 0.29) is 11.9 Å². The molecule has 0 aliphatic heterocycles. The zero-order chi connectivity index (χ0) is 9.84. The predicted molar refractivity (Wildman–Crippen MR) is 55.3 cm³/mol. The molecule has 0 unspecified atom stereocenters. The first kappa shape index (κ1) is 10.5. The molecule has 1 aromatic rings. The van der Waals surface area contributed by atoms with Crippen molar-refractivity contribution in [1.29, 1.82) is 0 Å². The summed E-state index contributed by atoms with van der Waals surface area (Å²) >= 11 is 6.95. The number of amides is 1. The van der Waals surface area contributed by atoms with Crippen LogP contribution in [0.4, 0.5) is 0 Å². The minimum atomic E-state index is -0.116. The molecule has 0 fully saturated rings. The van der Waals surface area contributed by atoms with E-state index in [0.717, 1.165) is 0 Å². The average molecular weight is 219 g/mol. The van der Waals surface area contributed by atoms with Crippen molar-refractivity contribution in [2.45, 2.75) is 13.0 Å². The third-order valence-corrected chi connectivity index (χ3v) is 2.76. The first-order chi connectivity index (χ1) is 6.13. The molecule has 1 rings (SSSR count). The largest absolute Gasteiger partial charge is 0.348 e. The Kier molecular flexibility index (Phi) is 3.71. The summed E-state index contributed by atoms with van der Waals surface area (Å²) in [5, 5.41) is 2.75. The van der Waals surface area contributed by atoms with Crippen molar-refractivity contribution >= 4 is 28.8 Å². The molecule has 0 saturated carbocycles. The molecule has 72 valence electrons. The van der Waals surface area contributed by atoms with Gasteiger partial charge in [0.2, 0.25) is 0 Å². The van der Waals surface area contributed by atoms with Gasteiger partial charge in [0.1, 0.15) is 0 Å². The second-order valence-corrected chi connectivity index (χ2v) is 4.43. The van der Waals surface area contributed by atoms with Crippen LogP contribution in [0.5, 0.6) is 0 Å². The molecule has 1 amide bonds. The lowest BCUT2D eigenvalue weighted by Gasteiger charge is -2.09. The monoisotopic (exact) mass is 218 g/mol. The van der Waals surface area contributed by atoms with Gasteiger partial charge < -0.3 is 11.1 Å². The number of carbonyl (C=O) groups excluding carboxylic acids is 1. The van der Waals surface area contributed by atoms with Crippen molar-refractivity contribution in [1.82, 2.24) is 5.32 Å². The number of carbonyl (C=O) groups is 1. The van der Waals surface area contributed by atoms with Crippen LogP contribution >= 0.6 is 22.9 Å². The molecule has 3 N–H and O–H groups in total. The Labute approximate surface area is 85.9 Å². The van der Waals surface area contributed by atoms with Crippen molar-refractivity contribution in [3.05, 3.63) is 21.3 Å². The fourth-order valence-corrected chi connectivity index (χ4v) is 1.74. The van der Waals surface area contributed by atoms with E-state index in [1.54, 1.807) is 12.1 Å². The average Bonchev–Trinajstić information content (AvgIpc) is 2.51. The Morgan fingerprint density at radius 3 is 2.92 bits per heavy atom. The summed E-state index contributed by atoms with van der Waals surface area (Å²) in [7, 11) is 0. The van der Waals surface area contributed by atoms with E-state index in [0.29, 0.717) is 15.8 Å². The molecule has 0 radical (unpaired) electrons. The number of rotatable bonds is 3. The molecule has 3 nitrogen and oxygen atoms in total. The second-order valence-electron chi connectivity index (χ2n) is 2.71. The fraction of sp³-hybridized carbons (Fsp3) is 0.375. The Bertz CT molecular complexity index is 300. The molecule has 0 spiro atoms. The summed E-state index contributed by atoms with van der Waals surface area (Å²) in [5.41, 5.74) is 5.37. The number of hydrogen-bond donors (Lipinski definition) is 2. The zero-order valence-corrected chi connectivity index (χ0v) is 8.78. The van der Waals surface area contributed by atoms with E-state index in [4.69, 9.17) is 17.3 Å². The van der Waals surface area contributed by atoms with Gasteiger partial charge in [0.25, 0.3) is 5.91 Å². The minimum Gasteiger partial charge on any atom is -0.348 e. The summed E-state index contributed by atoms with van der Waals surface area (Å²) < 4.78 is 0.616. The van der Waals surface area contributed by atoms with Gasteiger partial charge in [-0.25, -0.2) is 0 Å². The van der Waals surface area contributed by atoms with Crippen molar-refractivity contribution in [2.24, 2.45) is 5.73 Å². The normalized spacial score (nSPS) is 12.5. The second kappa shape index (κ2) is 4.60. The highest BCUT2D eigenvalue weighted by Crippen LogP contribution is 2.21. The zero-order valence-electron chi connectivity index (χ0n) is 7.21. The summed E-state index contributed by atoms with van der Waals surface area (Å²) in [6, 6.07) is 3.40. The highest BCUT2D eigenvalue weighted by Gasteiger charge is 2.10. The summed E-state index contributed by atoms with van der Waals surface area (Å²) in [6.45, 7) is 2.29. The lowest BCUT2D eigenvalue weighted by molar-refractivity contribution is 0.0945. The van der Waals surface area contributed by atoms with Crippen LogP contribution in [0.25, 0.3) is 0 Å². The van der Waals surface area contributed by atoms with E-state index in [2.05, 4.69) is 5.32 Å². The lowest BCUT2D eigenvalue weighted by Crippen LogP contribution is -2.37. The van der Waals surface area contributed by atoms with Crippen molar-refractivity contribution in [3.63, 3.8) is 0 Å². The highest BCUT2D eigenvalue weighted by molar-refractivity contribution is 7.17. The number of halogens is 1. The van der Waals surface area contributed by atoms with Crippen LogP contribution in [0.15, 0.2) is 12.1 Å². The molecule has 13 heavy (non-hydrogen) atoms. The maximum atomic E-state index is 11.4. The first-order valence-electron chi connectivity index (χ1n) is 3.89. The Balaban J connectivity index is 2.58. The van der Waals surface area contributed by atoms with Crippen LogP contribution in [0.2, 0.25) is 4.34 Å². The standard InChI is InChI=1S/C8H11ClN2OS/c1-5(4-10)11-8(12)6-2-3-7(9)13-6/h2-3,5H,4,10H2,1H3,(H,11,12)/t5-/m1/s1. The van der Waals surface area contributed by atoms with Crippen molar-refractivity contribution in [2.75, 3.05) is 6.54 Å².